The third-order valence-electron chi connectivity index (χ3n) is 5.34. The van der Waals surface area contributed by atoms with Crippen LogP contribution in [0.2, 0.25) is 0 Å². The lowest BCUT2D eigenvalue weighted by Gasteiger charge is -2.39. The number of ketones is 1. The van der Waals surface area contributed by atoms with Crippen molar-refractivity contribution in [2.75, 3.05) is 4.90 Å². The van der Waals surface area contributed by atoms with Crippen molar-refractivity contribution in [2.24, 2.45) is 0 Å². The lowest BCUT2D eigenvalue weighted by atomic mass is 9.89. The van der Waals surface area contributed by atoms with E-state index in [1.165, 1.54) is 0 Å². The van der Waals surface area contributed by atoms with Crippen LogP contribution in [0, 0.1) is 0 Å². The Hall–Kier alpha value is -3.15. The molecule has 3 rings (SSSR count). The summed E-state index contributed by atoms with van der Waals surface area (Å²) >= 11 is 0. The van der Waals surface area contributed by atoms with Gasteiger partial charge in [-0.1, -0.05) is 30.3 Å². The van der Waals surface area contributed by atoms with Gasteiger partial charge in [-0.2, -0.15) is 0 Å². The maximum absolute atomic E-state index is 12.5. The molecule has 0 saturated heterocycles. The summed E-state index contributed by atoms with van der Waals surface area (Å²) in [6.07, 6.45) is 0.0987. The molecule has 0 spiro atoms. The van der Waals surface area contributed by atoms with Crippen LogP contribution < -0.4 is 10.2 Å². The number of hydrogen-bond donors (Lipinski definition) is 1. The van der Waals surface area contributed by atoms with Gasteiger partial charge in [-0.3, -0.25) is 9.59 Å². The first kappa shape index (κ1) is 22.5. The van der Waals surface area contributed by atoms with E-state index in [9.17, 15) is 14.4 Å². The molecule has 164 valence electrons. The Kier molecular flexibility index (Phi) is 6.20. The number of carbonyl (C=O) groups excluding carboxylic acids is 3. The van der Waals surface area contributed by atoms with Gasteiger partial charge >= 0.3 is 6.09 Å². The zero-order valence-electron chi connectivity index (χ0n) is 19.0. The smallest absolute Gasteiger partial charge is 0.408 e. The minimum absolute atomic E-state index is 0.0182. The Morgan fingerprint density at radius 1 is 1.00 bits per heavy atom. The summed E-state index contributed by atoms with van der Waals surface area (Å²) in [5.74, 6) is -0.0206. The number of benzene rings is 2. The fourth-order valence-electron chi connectivity index (χ4n) is 4.01. The number of anilines is 1. The summed E-state index contributed by atoms with van der Waals surface area (Å²) in [7, 11) is 0. The number of nitrogens with one attached hydrogen (secondary N) is 1. The fourth-order valence-corrected chi connectivity index (χ4v) is 4.01. The van der Waals surface area contributed by atoms with Crippen LogP contribution in [0.4, 0.5) is 10.5 Å². The fraction of sp³-hybridized carbons (Fsp3) is 0.400. The summed E-state index contributed by atoms with van der Waals surface area (Å²) in [5.41, 5.74) is 3.62. The van der Waals surface area contributed by atoms with Crippen LogP contribution in [0.3, 0.4) is 0 Å². The van der Waals surface area contributed by atoms with E-state index in [1.807, 2.05) is 58.0 Å². The Bertz CT molecular complexity index is 1010. The Labute approximate surface area is 183 Å². The monoisotopic (exact) mass is 422 g/mol. The molecule has 2 aromatic carbocycles. The normalized spacial score (nSPS) is 18.2. The number of amides is 2. The van der Waals surface area contributed by atoms with Crippen LogP contribution in [0.15, 0.2) is 42.5 Å². The highest BCUT2D eigenvalue weighted by atomic mass is 16.6. The first-order valence-electron chi connectivity index (χ1n) is 10.5. The van der Waals surface area contributed by atoms with Gasteiger partial charge in [-0.25, -0.2) is 4.79 Å². The van der Waals surface area contributed by atoms with Gasteiger partial charge in [-0.15, -0.1) is 0 Å². The van der Waals surface area contributed by atoms with Crippen molar-refractivity contribution in [1.29, 1.82) is 0 Å². The first-order valence-corrected chi connectivity index (χ1v) is 10.5. The third kappa shape index (κ3) is 5.13. The molecule has 1 aliphatic heterocycles. The van der Waals surface area contributed by atoms with Crippen LogP contribution in [-0.2, 0) is 9.53 Å². The Balaban J connectivity index is 2.00. The van der Waals surface area contributed by atoms with Gasteiger partial charge in [-0.05, 0) is 69.9 Å². The lowest BCUT2D eigenvalue weighted by molar-refractivity contribution is -0.117. The van der Waals surface area contributed by atoms with E-state index < -0.39 is 11.7 Å². The highest BCUT2D eigenvalue weighted by molar-refractivity contribution is 5.95. The van der Waals surface area contributed by atoms with Gasteiger partial charge in [0.05, 0.1) is 6.04 Å². The molecule has 6 nitrogen and oxygen atoms in total. The van der Waals surface area contributed by atoms with Gasteiger partial charge in [0.2, 0.25) is 5.91 Å². The average molecular weight is 423 g/mol. The van der Waals surface area contributed by atoms with Crippen LogP contribution >= 0.6 is 0 Å². The molecular formula is C25H30N2O4. The molecule has 6 heteroatoms. The topological polar surface area (TPSA) is 75.7 Å². The molecule has 0 aliphatic carbocycles. The minimum Gasteiger partial charge on any atom is -0.444 e. The van der Waals surface area contributed by atoms with E-state index in [4.69, 9.17) is 4.74 Å². The molecule has 0 bridgehead atoms. The van der Waals surface area contributed by atoms with Gasteiger partial charge in [0.1, 0.15) is 5.60 Å². The van der Waals surface area contributed by atoms with Gasteiger partial charge < -0.3 is 15.0 Å². The second kappa shape index (κ2) is 8.53. The van der Waals surface area contributed by atoms with Crippen molar-refractivity contribution >= 4 is 23.5 Å². The van der Waals surface area contributed by atoms with Crippen molar-refractivity contribution in [3.63, 3.8) is 0 Å². The van der Waals surface area contributed by atoms with E-state index in [1.54, 1.807) is 30.9 Å². The van der Waals surface area contributed by atoms with Gasteiger partial charge in [0, 0.05) is 24.2 Å². The van der Waals surface area contributed by atoms with Gasteiger partial charge in [0.15, 0.2) is 5.78 Å². The summed E-state index contributed by atoms with van der Waals surface area (Å²) in [5, 5.41) is 2.98. The highest BCUT2D eigenvalue weighted by Crippen LogP contribution is 2.39. The number of carbonyl (C=O) groups is 3. The van der Waals surface area contributed by atoms with Crippen molar-refractivity contribution in [3.05, 3.63) is 53.6 Å². The van der Waals surface area contributed by atoms with E-state index in [-0.39, 0.29) is 23.8 Å². The Morgan fingerprint density at radius 2 is 1.61 bits per heavy atom. The van der Waals surface area contributed by atoms with Crippen LogP contribution in [-0.4, -0.2) is 29.4 Å². The molecule has 1 heterocycles. The van der Waals surface area contributed by atoms with Crippen molar-refractivity contribution in [1.82, 2.24) is 5.32 Å². The molecular weight excluding hydrogens is 392 g/mol. The lowest BCUT2D eigenvalue weighted by Crippen LogP contribution is -2.46. The van der Waals surface area contributed by atoms with E-state index >= 15 is 0 Å². The summed E-state index contributed by atoms with van der Waals surface area (Å²) < 4.78 is 5.45. The molecule has 2 amide bonds. The molecule has 0 aromatic heterocycles. The molecule has 2 aromatic rings. The number of nitrogens with zero attached hydrogens (tertiary/aromatic N) is 1. The van der Waals surface area contributed by atoms with E-state index in [2.05, 4.69) is 5.32 Å². The molecule has 0 fully saturated rings. The van der Waals surface area contributed by atoms with E-state index in [0.717, 1.165) is 22.4 Å². The van der Waals surface area contributed by atoms with Gasteiger partial charge in [0.25, 0.3) is 0 Å². The number of Topliss-reactive ketones (excluding diaryl/α,β-unsaturated/α-hetero) is 1. The molecule has 2 atom stereocenters. The average Bonchev–Trinajstić information content (AvgIpc) is 2.66. The molecule has 1 N–H and O–H groups in total. The number of rotatable bonds is 3. The predicted octanol–water partition coefficient (Wildman–Crippen LogP) is 5.27. The predicted molar refractivity (Wildman–Crippen MR) is 121 cm³/mol. The molecule has 1 aliphatic rings. The zero-order chi connectivity index (χ0) is 22.9. The second-order valence-electron chi connectivity index (χ2n) is 9.08. The van der Waals surface area contributed by atoms with E-state index in [0.29, 0.717) is 12.0 Å². The standard InChI is InChI=1S/C25H30N2O4/c1-15-13-22(26-24(30)31-25(4,5)6)21-14-20(11-12-23(21)27(15)17(3)29)19-9-7-18(8-10-19)16(2)28/h7-12,14-15,22H,13H2,1-6H3,(H,26,30)/t15-,22+/m0/s1. The number of fused-ring (bicyclic) bond motifs is 1. The second-order valence-corrected chi connectivity index (χ2v) is 9.08. The van der Waals surface area contributed by atoms with Crippen LogP contribution in [0.5, 0.6) is 0 Å². The Morgan fingerprint density at radius 3 is 2.16 bits per heavy atom. The highest BCUT2D eigenvalue weighted by Gasteiger charge is 2.34. The summed E-state index contributed by atoms with van der Waals surface area (Å²) in [6.45, 7) is 10.5. The maximum Gasteiger partial charge on any atom is 0.408 e. The van der Waals surface area contributed by atoms with Crippen LogP contribution in [0.25, 0.3) is 11.1 Å². The van der Waals surface area contributed by atoms with Crippen molar-refractivity contribution in [2.45, 2.75) is 65.6 Å². The van der Waals surface area contributed by atoms with Crippen molar-refractivity contribution < 1.29 is 19.1 Å². The molecule has 0 saturated carbocycles. The number of hydrogen-bond acceptors (Lipinski definition) is 4. The molecule has 0 radical (unpaired) electrons. The SMILES string of the molecule is CC(=O)c1ccc(-c2ccc3c(c2)[C@H](NC(=O)OC(C)(C)C)C[C@H](C)N3C(C)=O)cc1. The van der Waals surface area contributed by atoms with Crippen molar-refractivity contribution in [3.8, 4) is 11.1 Å². The number of ether oxygens (including phenoxy) is 1. The zero-order valence-corrected chi connectivity index (χ0v) is 19.0. The summed E-state index contributed by atoms with van der Waals surface area (Å²) in [4.78, 5) is 38.1. The minimum atomic E-state index is -0.598. The molecule has 31 heavy (non-hydrogen) atoms. The number of alkyl carbamates (subject to hydrolysis) is 1. The first-order chi connectivity index (χ1) is 14.5. The largest absolute Gasteiger partial charge is 0.444 e. The quantitative estimate of drug-likeness (QED) is 0.684. The summed E-state index contributed by atoms with van der Waals surface area (Å²) in [6, 6.07) is 12.9. The molecule has 0 unspecified atom stereocenters. The van der Waals surface area contributed by atoms with Crippen LogP contribution in [0.1, 0.15) is 69.9 Å². The third-order valence-corrected chi connectivity index (χ3v) is 5.34. The maximum atomic E-state index is 12.5.